The van der Waals surface area contributed by atoms with Crippen LogP contribution in [0.2, 0.25) is 0 Å². The van der Waals surface area contributed by atoms with E-state index in [1.807, 2.05) is 25.1 Å². The average molecular weight is 441 g/mol. The van der Waals surface area contributed by atoms with E-state index in [2.05, 4.69) is 0 Å². The van der Waals surface area contributed by atoms with Gasteiger partial charge >= 0.3 is 0 Å². The molecule has 0 aliphatic carbocycles. The summed E-state index contributed by atoms with van der Waals surface area (Å²) < 4.78 is 16.8. The number of phenols is 1. The summed E-state index contributed by atoms with van der Waals surface area (Å²) in [5.41, 5.74) is 2.93. The molecule has 7 heteroatoms. The van der Waals surface area contributed by atoms with Gasteiger partial charge in [0.15, 0.2) is 16.9 Å². The molecule has 0 saturated heterocycles. The molecule has 7 nitrogen and oxygen atoms in total. The van der Waals surface area contributed by atoms with Gasteiger partial charge in [0.2, 0.25) is 12.6 Å². The van der Waals surface area contributed by atoms with Gasteiger partial charge in [0.1, 0.15) is 11.3 Å². The van der Waals surface area contributed by atoms with E-state index in [-0.39, 0.29) is 36.2 Å². The molecular formula is C26H19NO6. The normalized spacial score (nSPS) is 16.5. The number of amides is 1. The summed E-state index contributed by atoms with van der Waals surface area (Å²) in [6, 6.07) is 16.7. The molecule has 3 heterocycles. The molecule has 2 aliphatic heterocycles. The number of benzene rings is 3. The highest BCUT2D eigenvalue weighted by atomic mass is 16.7. The first kappa shape index (κ1) is 19.4. The summed E-state index contributed by atoms with van der Waals surface area (Å²) in [4.78, 5) is 28.7. The number of phenolic OH excluding ortho intramolecular Hbond substituents is 1. The molecule has 2 aliphatic rings. The summed E-state index contributed by atoms with van der Waals surface area (Å²) in [5, 5.41) is 10.2. The molecule has 6 rings (SSSR count). The third-order valence-electron chi connectivity index (χ3n) is 6.12. The first-order valence-corrected chi connectivity index (χ1v) is 10.6. The van der Waals surface area contributed by atoms with Crippen molar-refractivity contribution in [3.63, 3.8) is 0 Å². The van der Waals surface area contributed by atoms with Crippen LogP contribution in [0.15, 0.2) is 69.9 Å². The first-order valence-electron chi connectivity index (χ1n) is 10.6. The van der Waals surface area contributed by atoms with Crippen LogP contribution in [0, 0.1) is 6.92 Å². The zero-order valence-corrected chi connectivity index (χ0v) is 17.7. The van der Waals surface area contributed by atoms with Gasteiger partial charge in [0.05, 0.1) is 17.0 Å². The molecule has 164 valence electrons. The monoisotopic (exact) mass is 441 g/mol. The number of ether oxygens (including phenoxy) is 2. The predicted octanol–water partition coefficient (Wildman–Crippen LogP) is 4.28. The number of rotatable bonds is 3. The van der Waals surface area contributed by atoms with Crippen molar-refractivity contribution in [1.29, 1.82) is 0 Å². The standard InChI is InChI=1S/C26H19NO6/c1-14-2-8-19-18(10-14)24(29)22-23(16-4-6-17(28)7-5-16)27(26(30)25(22)33-19)12-15-3-9-20-21(11-15)32-13-31-20/h2-11,23,28H,12-13H2,1H3. The number of aryl methyl sites for hydroxylation is 1. The Kier molecular flexibility index (Phi) is 4.20. The fourth-order valence-electron chi connectivity index (χ4n) is 4.54. The van der Waals surface area contributed by atoms with Gasteiger partial charge in [0.25, 0.3) is 5.91 Å². The van der Waals surface area contributed by atoms with Crippen LogP contribution in [0.25, 0.3) is 11.0 Å². The SMILES string of the molecule is Cc1ccc2oc3c(c(=O)c2c1)C(c1ccc(O)cc1)N(Cc1ccc2c(c1)OCO2)C3=O. The van der Waals surface area contributed by atoms with Crippen LogP contribution in [0.3, 0.4) is 0 Å². The lowest BCUT2D eigenvalue weighted by atomic mass is 9.98. The fraction of sp³-hybridized carbons (Fsp3) is 0.154. The van der Waals surface area contributed by atoms with Crippen LogP contribution in [0.5, 0.6) is 17.2 Å². The van der Waals surface area contributed by atoms with E-state index in [9.17, 15) is 14.7 Å². The smallest absolute Gasteiger partial charge is 0.291 e. The molecule has 1 N–H and O–H groups in total. The third-order valence-corrected chi connectivity index (χ3v) is 6.12. The molecule has 1 unspecified atom stereocenters. The lowest BCUT2D eigenvalue weighted by molar-refractivity contribution is 0.0714. The topological polar surface area (TPSA) is 89.2 Å². The van der Waals surface area contributed by atoms with E-state index in [4.69, 9.17) is 13.9 Å². The lowest BCUT2D eigenvalue weighted by Gasteiger charge is -2.25. The molecule has 1 amide bonds. The summed E-state index contributed by atoms with van der Waals surface area (Å²) in [6.07, 6.45) is 0. The number of carbonyl (C=O) groups is 1. The van der Waals surface area contributed by atoms with E-state index in [1.165, 1.54) is 0 Å². The second kappa shape index (κ2) is 7.13. The van der Waals surface area contributed by atoms with E-state index in [0.29, 0.717) is 33.6 Å². The van der Waals surface area contributed by atoms with E-state index in [1.54, 1.807) is 47.4 Å². The molecule has 4 aromatic rings. The van der Waals surface area contributed by atoms with E-state index >= 15 is 0 Å². The molecule has 0 spiro atoms. The van der Waals surface area contributed by atoms with Crippen LogP contribution < -0.4 is 14.9 Å². The highest BCUT2D eigenvalue weighted by Crippen LogP contribution is 2.40. The molecule has 0 saturated carbocycles. The van der Waals surface area contributed by atoms with E-state index < -0.39 is 6.04 Å². The minimum Gasteiger partial charge on any atom is -0.508 e. The molecule has 0 bridgehead atoms. The molecule has 33 heavy (non-hydrogen) atoms. The molecule has 1 aromatic heterocycles. The van der Waals surface area contributed by atoms with Gasteiger partial charge in [-0.25, -0.2) is 0 Å². The van der Waals surface area contributed by atoms with E-state index in [0.717, 1.165) is 11.1 Å². The van der Waals surface area contributed by atoms with Gasteiger partial charge in [-0.1, -0.05) is 29.8 Å². The predicted molar refractivity (Wildman–Crippen MR) is 120 cm³/mol. The van der Waals surface area contributed by atoms with Crippen LogP contribution >= 0.6 is 0 Å². The van der Waals surface area contributed by atoms with Gasteiger partial charge < -0.3 is 23.9 Å². The van der Waals surface area contributed by atoms with Crippen molar-refractivity contribution < 1.29 is 23.8 Å². The van der Waals surface area contributed by atoms with Crippen molar-refractivity contribution in [1.82, 2.24) is 4.90 Å². The van der Waals surface area contributed by atoms with Gasteiger partial charge in [-0.05, 0) is 54.4 Å². The second-order valence-corrected chi connectivity index (χ2v) is 8.29. The minimum atomic E-state index is -0.653. The van der Waals surface area contributed by atoms with Crippen molar-refractivity contribution in [3.8, 4) is 17.2 Å². The summed E-state index contributed by atoms with van der Waals surface area (Å²) in [6.45, 7) is 2.30. The maximum absolute atomic E-state index is 13.6. The highest BCUT2D eigenvalue weighted by molar-refractivity contribution is 5.99. The van der Waals surface area contributed by atoms with Crippen molar-refractivity contribution in [3.05, 3.63) is 98.9 Å². The Hall–Kier alpha value is -4.26. The van der Waals surface area contributed by atoms with Gasteiger partial charge in [-0.15, -0.1) is 0 Å². The van der Waals surface area contributed by atoms with Crippen LogP contribution in [0.1, 0.15) is 38.9 Å². The average Bonchev–Trinajstić information content (AvgIpc) is 3.38. The number of fused-ring (bicyclic) bond motifs is 3. The Morgan fingerprint density at radius 2 is 1.76 bits per heavy atom. The molecule has 3 aromatic carbocycles. The zero-order valence-electron chi connectivity index (χ0n) is 17.7. The van der Waals surface area contributed by atoms with Crippen molar-refractivity contribution >= 4 is 16.9 Å². The van der Waals surface area contributed by atoms with Crippen molar-refractivity contribution in [2.75, 3.05) is 6.79 Å². The highest BCUT2D eigenvalue weighted by Gasteiger charge is 2.42. The van der Waals surface area contributed by atoms with Gasteiger partial charge in [0, 0.05) is 6.54 Å². The zero-order chi connectivity index (χ0) is 22.7. The number of hydrogen-bond donors (Lipinski definition) is 1. The summed E-state index contributed by atoms with van der Waals surface area (Å²) in [5.74, 6) is 1.07. The number of hydrogen-bond acceptors (Lipinski definition) is 6. The second-order valence-electron chi connectivity index (χ2n) is 8.29. The number of nitrogens with zero attached hydrogens (tertiary/aromatic N) is 1. The van der Waals surface area contributed by atoms with Crippen LogP contribution in [-0.2, 0) is 6.54 Å². The molecule has 0 fully saturated rings. The Bertz CT molecular complexity index is 1490. The Morgan fingerprint density at radius 3 is 2.58 bits per heavy atom. The maximum Gasteiger partial charge on any atom is 0.291 e. The Morgan fingerprint density at radius 1 is 0.970 bits per heavy atom. The maximum atomic E-state index is 13.6. The summed E-state index contributed by atoms with van der Waals surface area (Å²) >= 11 is 0. The molecular weight excluding hydrogens is 422 g/mol. The lowest BCUT2D eigenvalue weighted by Crippen LogP contribution is -2.29. The Balaban J connectivity index is 1.52. The quantitative estimate of drug-likeness (QED) is 0.511. The fourth-order valence-corrected chi connectivity index (χ4v) is 4.54. The first-order chi connectivity index (χ1) is 16.0. The molecule has 0 radical (unpaired) electrons. The van der Waals surface area contributed by atoms with Crippen molar-refractivity contribution in [2.45, 2.75) is 19.5 Å². The van der Waals surface area contributed by atoms with Gasteiger partial charge in [-0.2, -0.15) is 0 Å². The van der Waals surface area contributed by atoms with Gasteiger partial charge in [-0.3, -0.25) is 9.59 Å². The number of carbonyl (C=O) groups excluding carboxylic acids is 1. The minimum absolute atomic E-state index is 0.0511. The summed E-state index contributed by atoms with van der Waals surface area (Å²) in [7, 11) is 0. The van der Waals surface area contributed by atoms with Crippen LogP contribution in [0.4, 0.5) is 0 Å². The third kappa shape index (κ3) is 3.04. The molecule has 1 atom stereocenters. The largest absolute Gasteiger partial charge is 0.508 e. The van der Waals surface area contributed by atoms with Crippen LogP contribution in [-0.4, -0.2) is 22.7 Å². The number of aromatic hydroxyl groups is 1. The van der Waals surface area contributed by atoms with Crippen molar-refractivity contribution in [2.24, 2.45) is 0 Å². The Labute approximate surface area is 188 Å².